The molecule has 2 atom stereocenters. The van der Waals surface area contributed by atoms with Gasteiger partial charge in [-0.05, 0) is 29.8 Å². The van der Waals surface area contributed by atoms with Crippen molar-refractivity contribution in [3.05, 3.63) is 64.3 Å². The van der Waals surface area contributed by atoms with E-state index in [9.17, 15) is 27.1 Å². The van der Waals surface area contributed by atoms with E-state index in [1.807, 2.05) is 0 Å². The summed E-state index contributed by atoms with van der Waals surface area (Å²) in [5.74, 6) is -10.2. The van der Waals surface area contributed by atoms with Crippen molar-refractivity contribution in [2.75, 3.05) is 0 Å². The number of rotatable bonds is 2. The molecule has 0 radical (unpaired) electrons. The molecule has 0 saturated heterocycles. The molecule has 4 nitrogen and oxygen atoms in total. The van der Waals surface area contributed by atoms with Gasteiger partial charge in [0.2, 0.25) is 0 Å². The smallest absolute Gasteiger partial charge is 0.337 e. The number of nitrogens with zero attached hydrogens (tertiary/aromatic N) is 1. The second-order valence-electron chi connectivity index (χ2n) is 6.60. The van der Waals surface area contributed by atoms with Crippen molar-refractivity contribution in [1.82, 2.24) is 0 Å². The number of ether oxygens (including phenoxy) is 1. The molecule has 2 aliphatic carbocycles. The van der Waals surface area contributed by atoms with Crippen LogP contribution in [-0.4, -0.2) is 11.0 Å². The predicted octanol–water partition coefficient (Wildman–Crippen LogP) is 4.50. The van der Waals surface area contributed by atoms with E-state index >= 15 is 0 Å². The average Bonchev–Trinajstić information content (AvgIpc) is 2.92. The zero-order valence-electron chi connectivity index (χ0n) is 13.4. The number of benzene rings is 2. The molecule has 0 saturated carbocycles. The first-order chi connectivity index (χ1) is 12.5. The summed E-state index contributed by atoms with van der Waals surface area (Å²) < 4.78 is 76.2. The van der Waals surface area contributed by atoms with Gasteiger partial charge in [-0.25, -0.2) is 9.24 Å². The van der Waals surface area contributed by atoms with Gasteiger partial charge in [0, 0.05) is 23.6 Å². The normalized spacial score (nSPS) is 26.5. The summed E-state index contributed by atoms with van der Waals surface area (Å²) in [6.45, 7) is 6.93. The van der Waals surface area contributed by atoms with Crippen molar-refractivity contribution in [2.24, 2.45) is 5.73 Å². The van der Waals surface area contributed by atoms with Gasteiger partial charge in [0.25, 0.3) is 0 Å². The number of alkyl halides is 4. The minimum Gasteiger partial charge on any atom is -0.458 e. The minimum absolute atomic E-state index is 0.0747. The van der Waals surface area contributed by atoms with E-state index in [1.54, 1.807) is 0 Å². The SMILES string of the molecule is [C-]#[N+]c1cc(F)cc(Oc2ccc3c4c2C(O)CC4(N)C(F)(F)C3(F)F)c1. The molecule has 2 aromatic rings. The Hall–Kier alpha value is -2.70. The Kier molecular flexibility index (Phi) is 3.40. The number of halogens is 5. The highest BCUT2D eigenvalue weighted by Gasteiger charge is 2.77. The van der Waals surface area contributed by atoms with Crippen molar-refractivity contribution < 1.29 is 31.8 Å². The topological polar surface area (TPSA) is 59.8 Å². The molecule has 0 bridgehead atoms. The number of aliphatic hydroxyl groups is 1. The lowest BCUT2D eigenvalue weighted by atomic mass is 9.91. The summed E-state index contributed by atoms with van der Waals surface area (Å²) >= 11 is 0. The Morgan fingerprint density at radius 2 is 1.89 bits per heavy atom. The molecule has 0 amide bonds. The van der Waals surface area contributed by atoms with Crippen LogP contribution in [0.2, 0.25) is 0 Å². The third-order valence-electron chi connectivity index (χ3n) is 5.01. The van der Waals surface area contributed by atoms with Crippen LogP contribution in [0.25, 0.3) is 4.85 Å². The lowest BCUT2D eigenvalue weighted by Gasteiger charge is -2.31. The maximum absolute atomic E-state index is 14.4. The zero-order valence-corrected chi connectivity index (χ0v) is 13.4. The van der Waals surface area contributed by atoms with Crippen LogP contribution in [0.1, 0.15) is 29.2 Å². The molecule has 27 heavy (non-hydrogen) atoms. The Morgan fingerprint density at radius 3 is 2.56 bits per heavy atom. The van der Waals surface area contributed by atoms with Crippen LogP contribution >= 0.6 is 0 Å². The molecule has 140 valence electrons. The van der Waals surface area contributed by atoms with E-state index in [2.05, 4.69) is 4.85 Å². The van der Waals surface area contributed by atoms with Gasteiger partial charge in [-0.2, -0.15) is 17.6 Å². The third kappa shape index (κ3) is 2.08. The summed E-state index contributed by atoms with van der Waals surface area (Å²) in [6.07, 6.45) is -2.37. The summed E-state index contributed by atoms with van der Waals surface area (Å²) in [5, 5.41) is 10.2. The van der Waals surface area contributed by atoms with Crippen LogP contribution in [0.4, 0.5) is 27.6 Å². The lowest BCUT2D eigenvalue weighted by Crippen LogP contribution is -2.53. The Bertz CT molecular complexity index is 1020. The molecule has 0 aliphatic heterocycles. The van der Waals surface area contributed by atoms with Crippen molar-refractivity contribution in [1.29, 1.82) is 0 Å². The lowest BCUT2D eigenvalue weighted by molar-refractivity contribution is -0.239. The third-order valence-corrected chi connectivity index (χ3v) is 5.01. The van der Waals surface area contributed by atoms with Crippen LogP contribution in [-0.2, 0) is 11.5 Å². The quantitative estimate of drug-likeness (QED) is 0.594. The fraction of sp³-hybridized carbons (Fsp3) is 0.278. The van der Waals surface area contributed by atoms with Gasteiger partial charge < -0.3 is 15.6 Å². The highest BCUT2D eigenvalue weighted by atomic mass is 19.3. The maximum Gasteiger partial charge on any atom is 0.337 e. The van der Waals surface area contributed by atoms with Crippen LogP contribution < -0.4 is 10.5 Å². The van der Waals surface area contributed by atoms with Crippen LogP contribution in [0.3, 0.4) is 0 Å². The van der Waals surface area contributed by atoms with Crippen molar-refractivity contribution >= 4 is 5.69 Å². The van der Waals surface area contributed by atoms with E-state index < -0.39 is 46.9 Å². The number of aliphatic hydroxyl groups excluding tert-OH is 1. The van der Waals surface area contributed by atoms with Gasteiger partial charge in [-0.1, -0.05) is 0 Å². The molecule has 2 aromatic carbocycles. The van der Waals surface area contributed by atoms with E-state index in [0.29, 0.717) is 0 Å². The van der Waals surface area contributed by atoms with Gasteiger partial charge in [0.1, 0.15) is 22.9 Å². The van der Waals surface area contributed by atoms with Gasteiger partial charge in [0.15, 0.2) is 5.69 Å². The van der Waals surface area contributed by atoms with Gasteiger partial charge in [-0.3, -0.25) is 0 Å². The second-order valence-corrected chi connectivity index (χ2v) is 6.60. The summed E-state index contributed by atoms with van der Waals surface area (Å²) in [5.41, 5.74) is 1.04. The fourth-order valence-corrected chi connectivity index (χ4v) is 3.80. The van der Waals surface area contributed by atoms with E-state index in [-0.39, 0.29) is 22.7 Å². The molecule has 0 heterocycles. The van der Waals surface area contributed by atoms with Gasteiger partial charge in [-0.15, -0.1) is 0 Å². The van der Waals surface area contributed by atoms with Gasteiger partial charge >= 0.3 is 11.8 Å². The molecule has 2 aliphatic rings. The summed E-state index contributed by atoms with van der Waals surface area (Å²) in [7, 11) is 0. The van der Waals surface area contributed by atoms with Crippen molar-refractivity contribution in [3.8, 4) is 11.5 Å². The summed E-state index contributed by atoms with van der Waals surface area (Å²) in [4.78, 5) is 3.07. The molecule has 2 unspecified atom stereocenters. The highest BCUT2D eigenvalue weighted by Crippen LogP contribution is 2.67. The second kappa shape index (κ2) is 5.18. The zero-order chi connectivity index (χ0) is 19.8. The molecular weight excluding hydrogens is 371 g/mol. The highest BCUT2D eigenvalue weighted by molar-refractivity contribution is 5.61. The number of nitrogens with two attached hydrogens (primary N) is 1. The first-order valence-corrected chi connectivity index (χ1v) is 7.79. The van der Waals surface area contributed by atoms with Gasteiger partial charge in [0.05, 0.1) is 12.7 Å². The molecule has 0 spiro atoms. The maximum atomic E-state index is 14.4. The predicted molar refractivity (Wildman–Crippen MR) is 83.5 cm³/mol. The number of hydrogen-bond acceptors (Lipinski definition) is 3. The molecule has 4 rings (SSSR count). The standard InChI is InChI=1S/C18H11F5N2O2/c1-25-9-4-8(19)5-10(6-9)27-13-3-2-11-15-14(13)12(26)7-16(15,24)18(22,23)17(11,20)21/h2-6,12,26H,7,24H2. The molecule has 3 N–H and O–H groups in total. The average molecular weight is 382 g/mol. The van der Waals surface area contributed by atoms with Crippen LogP contribution in [0.5, 0.6) is 11.5 Å². The molecule has 0 fully saturated rings. The Morgan fingerprint density at radius 1 is 1.19 bits per heavy atom. The molecular formula is C18H11F5N2O2. The monoisotopic (exact) mass is 382 g/mol. The Balaban J connectivity index is 1.89. The molecule has 9 heteroatoms. The fourth-order valence-electron chi connectivity index (χ4n) is 3.80. The summed E-state index contributed by atoms with van der Waals surface area (Å²) in [6, 6.07) is 4.86. The largest absolute Gasteiger partial charge is 0.458 e. The van der Waals surface area contributed by atoms with E-state index in [4.69, 9.17) is 17.0 Å². The van der Waals surface area contributed by atoms with Crippen molar-refractivity contribution in [2.45, 2.75) is 29.9 Å². The Labute approximate surface area is 149 Å². The first kappa shape index (κ1) is 17.7. The van der Waals surface area contributed by atoms with E-state index in [1.165, 1.54) is 6.07 Å². The van der Waals surface area contributed by atoms with Crippen molar-refractivity contribution in [3.63, 3.8) is 0 Å². The van der Waals surface area contributed by atoms with Crippen LogP contribution in [0.15, 0.2) is 30.3 Å². The number of hydrogen-bond donors (Lipinski definition) is 2. The van der Waals surface area contributed by atoms with E-state index in [0.717, 1.165) is 24.3 Å². The molecule has 0 aromatic heterocycles. The minimum atomic E-state index is -4.59. The first-order valence-electron chi connectivity index (χ1n) is 7.79. The van der Waals surface area contributed by atoms with Crippen LogP contribution in [0, 0.1) is 12.4 Å².